The quantitative estimate of drug-likeness (QED) is 0.846. The lowest BCUT2D eigenvalue weighted by Crippen LogP contribution is -2.36. The summed E-state index contributed by atoms with van der Waals surface area (Å²) < 4.78 is 7.27. The van der Waals surface area contributed by atoms with Crippen LogP contribution in [0, 0.1) is 0 Å². The van der Waals surface area contributed by atoms with Crippen LogP contribution < -0.4 is 11.1 Å². The average Bonchev–Trinajstić information content (AvgIpc) is 2.97. The number of rotatable bonds is 4. The van der Waals surface area contributed by atoms with Crippen LogP contribution in [0.4, 0.5) is 0 Å². The van der Waals surface area contributed by atoms with E-state index in [1.54, 1.807) is 10.9 Å². The lowest BCUT2D eigenvalue weighted by molar-refractivity contribution is -0.132. The van der Waals surface area contributed by atoms with E-state index in [9.17, 15) is 4.79 Å². The number of hydrogen-bond donors (Lipinski definition) is 2. The largest absolute Gasteiger partial charge is 0.364 e. The zero-order chi connectivity index (χ0) is 13.1. The summed E-state index contributed by atoms with van der Waals surface area (Å²) in [5.41, 5.74) is 6.51. The van der Waals surface area contributed by atoms with Crippen LogP contribution in [0.5, 0.6) is 0 Å². The zero-order valence-corrected chi connectivity index (χ0v) is 12.0. The number of carbonyl (C=O) groups is 1. The molecule has 2 heterocycles. The molecule has 19 heavy (non-hydrogen) atoms. The first kappa shape index (κ1) is 15.9. The van der Waals surface area contributed by atoms with Gasteiger partial charge in [-0.1, -0.05) is 0 Å². The highest BCUT2D eigenvalue weighted by Gasteiger charge is 2.30. The van der Waals surface area contributed by atoms with Gasteiger partial charge in [0, 0.05) is 25.4 Å². The molecule has 1 saturated heterocycles. The molecule has 7 heteroatoms. The molecule has 1 fully saturated rings. The van der Waals surface area contributed by atoms with Gasteiger partial charge in [0.25, 0.3) is 0 Å². The Morgan fingerprint density at radius 2 is 2.42 bits per heavy atom. The number of nitrogens with two attached hydrogens (primary N) is 1. The maximum absolute atomic E-state index is 12.0. The predicted molar refractivity (Wildman–Crippen MR) is 74.0 cm³/mol. The van der Waals surface area contributed by atoms with Crippen molar-refractivity contribution in [1.82, 2.24) is 15.1 Å². The van der Waals surface area contributed by atoms with Gasteiger partial charge >= 0.3 is 0 Å². The molecular weight excluding hydrogens is 268 g/mol. The molecule has 3 N–H and O–H groups in total. The zero-order valence-electron chi connectivity index (χ0n) is 11.2. The van der Waals surface area contributed by atoms with Crippen LogP contribution in [-0.4, -0.2) is 34.4 Å². The predicted octanol–water partition coefficient (Wildman–Crippen LogP) is 0.525. The lowest BCUT2D eigenvalue weighted by Gasteiger charge is -2.16. The number of amides is 1. The summed E-state index contributed by atoms with van der Waals surface area (Å²) in [6, 6.07) is -0.0632. The van der Waals surface area contributed by atoms with Crippen molar-refractivity contribution < 1.29 is 9.53 Å². The Balaban J connectivity index is 0.00000180. The number of hydrogen-bond acceptors (Lipinski definition) is 4. The van der Waals surface area contributed by atoms with Gasteiger partial charge in [-0.25, -0.2) is 0 Å². The molecule has 3 atom stereocenters. The third kappa shape index (κ3) is 3.92. The number of nitrogens with one attached hydrogen (secondary N) is 1. The van der Waals surface area contributed by atoms with Crippen molar-refractivity contribution in [2.75, 3.05) is 6.54 Å². The van der Waals surface area contributed by atoms with Crippen LogP contribution in [0.3, 0.4) is 0 Å². The molecule has 0 bridgehead atoms. The summed E-state index contributed by atoms with van der Waals surface area (Å²) in [5, 5.41) is 7.02. The van der Waals surface area contributed by atoms with Gasteiger partial charge in [0.1, 0.15) is 6.10 Å². The van der Waals surface area contributed by atoms with E-state index < -0.39 is 0 Å². The van der Waals surface area contributed by atoms with Crippen molar-refractivity contribution in [3.63, 3.8) is 0 Å². The van der Waals surface area contributed by atoms with Gasteiger partial charge in [-0.2, -0.15) is 5.10 Å². The van der Waals surface area contributed by atoms with E-state index in [0.29, 0.717) is 6.54 Å². The highest BCUT2D eigenvalue weighted by molar-refractivity contribution is 5.85. The fourth-order valence-corrected chi connectivity index (χ4v) is 2.13. The molecule has 1 aliphatic heterocycles. The summed E-state index contributed by atoms with van der Waals surface area (Å²) in [5.74, 6) is -0.0673. The topological polar surface area (TPSA) is 82.2 Å². The molecule has 1 amide bonds. The molecule has 0 aromatic carbocycles. The van der Waals surface area contributed by atoms with Crippen LogP contribution in [0.2, 0.25) is 0 Å². The van der Waals surface area contributed by atoms with Crippen molar-refractivity contribution >= 4 is 18.3 Å². The van der Waals surface area contributed by atoms with E-state index in [1.807, 2.05) is 20.2 Å². The van der Waals surface area contributed by atoms with Crippen molar-refractivity contribution in [2.24, 2.45) is 12.8 Å². The Labute approximate surface area is 119 Å². The summed E-state index contributed by atoms with van der Waals surface area (Å²) in [6.45, 7) is 2.41. The van der Waals surface area contributed by atoms with Gasteiger partial charge < -0.3 is 15.8 Å². The molecule has 1 aromatic heterocycles. The maximum atomic E-state index is 12.0. The highest BCUT2D eigenvalue weighted by Crippen LogP contribution is 2.20. The Hall–Kier alpha value is -1.11. The van der Waals surface area contributed by atoms with Crippen molar-refractivity contribution in [3.8, 4) is 0 Å². The summed E-state index contributed by atoms with van der Waals surface area (Å²) in [4.78, 5) is 12.0. The van der Waals surface area contributed by atoms with Crippen molar-refractivity contribution in [2.45, 2.75) is 38.0 Å². The second kappa shape index (κ2) is 6.88. The van der Waals surface area contributed by atoms with Gasteiger partial charge in [-0.15, -0.1) is 12.4 Å². The number of aryl methyl sites for hydroxylation is 1. The lowest BCUT2D eigenvalue weighted by atomic mass is 10.1. The summed E-state index contributed by atoms with van der Waals surface area (Å²) in [7, 11) is 1.85. The van der Waals surface area contributed by atoms with Crippen LogP contribution in [0.1, 0.15) is 31.4 Å². The molecule has 0 saturated carbocycles. The Bertz CT molecular complexity index is 424. The van der Waals surface area contributed by atoms with Crippen LogP contribution >= 0.6 is 12.4 Å². The molecule has 0 aliphatic carbocycles. The maximum Gasteiger partial charge on any atom is 0.249 e. The third-order valence-electron chi connectivity index (χ3n) is 3.25. The van der Waals surface area contributed by atoms with E-state index in [4.69, 9.17) is 10.5 Å². The number of halogens is 1. The average molecular weight is 289 g/mol. The van der Waals surface area contributed by atoms with E-state index in [-0.39, 0.29) is 36.6 Å². The van der Waals surface area contributed by atoms with Gasteiger partial charge in [0.05, 0.1) is 18.3 Å². The van der Waals surface area contributed by atoms with Gasteiger partial charge in [-0.3, -0.25) is 9.48 Å². The minimum Gasteiger partial charge on any atom is -0.364 e. The van der Waals surface area contributed by atoms with E-state index >= 15 is 0 Å². The molecule has 1 aliphatic rings. The molecule has 1 unspecified atom stereocenters. The monoisotopic (exact) mass is 288 g/mol. The smallest absolute Gasteiger partial charge is 0.249 e. The van der Waals surface area contributed by atoms with Gasteiger partial charge in [0.2, 0.25) is 5.91 Å². The van der Waals surface area contributed by atoms with Crippen LogP contribution in [-0.2, 0) is 16.6 Å². The molecule has 108 valence electrons. The second-order valence-corrected chi connectivity index (χ2v) is 4.74. The molecule has 0 spiro atoms. The number of aromatic nitrogens is 2. The molecular formula is C12H21ClN4O2. The third-order valence-corrected chi connectivity index (χ3v) is 3.25. The van der Waals surface area contributed by atoms with Crippen molar-refractivity contribution in [3.05, 3.63) is 18.0 Å². The van der Waals surface area contributed by atoms with E-state index in [2.05, 4.69) is 10.4 Å². The fraction of sp³-hybridized carbons (Fsp3) is 0.667. The second-order valence-electron chi connectivity index (χ2n) is 4.74. The minimum atomic E-state index is -0.363. The standard InChI is InChI=1S/C12H20N4O2.ClH/c1-8(9-6-14-16(2)7-9)15-12(17)11-4-3-10(5-13)18-11;/h6-8,10-11H,3-5,13H2,1-2H3,(H,15,17);1H/t8?,10-,11+;/m1./s1. The normalized spacial score (nSPS) is 23.7. The first-order chi connectivity index (χ1) is 8.60. The van der Waals surface area contributed by atoms with Gasteiger partial charge in [0.15, 0.2) is 0 Å². The Kier molecular flexibility index (Phi) is 5.78. The van der Waals surface area contributed by atoms with Crippen LogP contribution in [0.25, 0.3) is 0 Å². The van der Waals surface area contributed by atoms with Crippen molar-refractivity contribution in [1.29, 1.82) is 0 Å². The first-order valence-corrected chi connectivity index (χ1v) is 6.24. The summed E-state index contributed by atoms with van der Waals surface area (Å²) >= 11 is 0. The number of nitrogens with zero attached hydrogens (tertiary/aromatic N) is 2. The fourth-order valence-electron chi connectivity index (χ4n) is 2.13. The molecule has 6 nitrogen and oxygen atoms in total. The molecule has 1 aromatic rings. The van der Waals surface area contributed by atoms with Crippen LogP contribution in [0.15, 0.2) is 12.4 Å². The first-order valence-electron chi connectivity index (χ1n) is 6.24. The molecule has 2 rings (SSSR count). The van der Waals surface area contributed by atoms with Gasteiger partial charge in [-0.05, 0) is 19.8 Å². The minimum absolute atomic E-state index is 0. The van der Waals surface area contributed by atoms with E-state index in [1.165, 1.54) is 0 Å². The molecule has 0 radical (unpaired) electrons. The highest BCUT2D eigenvalue weighted by atomic mass is 35.5. The number of carbonyl (C=O) groups excluding carboxylic acids is 1. The Morgan fingerprint density at radius 1 is 1.68 bits per heavy atom. The summed E-state index contributed by atoms with van der Waals surface area (Å²) in [6.07, 6.45) is 4.91. The SMILES string of the molecule is CC(NC(=O)[C@@H]1CC[C@H](CN)O1)c1cnn(C)c1.Cl. The Morgan fingerprint density at radius 3 is 2.95 bits per heavy atom. The number of ether oxygens (including phenoxy) is 1. The van der Waals surface area contributed by atoms with E-state index in [0.717, 1.165) is 18.4 Å².